The molecule has 1 heterocycles. The number of rotatable bonds is 5. The SMILES string of the molecule is COC(=O)Cc1csc(C(OC)c2ccccc2)n1. The fraction of sp³-hybridized carbons (Fsp3) is 0.286. The van der Waals surface area contributed by atoms with Crippen molar-refractivity contribution >= 4 is 17.3 Å². The second kappa shape index (κ2) is 6.45. The molecule has 4 nitrogen and oxygen atoms in total. The van der Waals surface area contributed by atoms with Crippen LogP contribution in [-0.2, 0) is 20.7 Å². The van der Waals surface area contributed by atoms with Crippen molar-refractivity contribution in [2.24, 2.45) is 0 Å². The highest BCUT2D eigenvalue weighted by atomic mass is 32.1. The minimum absolute atomic E-state index is 0.193. The number of hydrogen-bond donors (Lipinski definition) is 0. The van der Waals surface area contributed by atoms with Crippen LogP contribution in [0.15, 0.2) is 35.7 Å². The van der Waals surface area contributed by atoms with E-state index in [4.69, 9.17) is 4.74 Å². The van der Waals surface area contributed by atoms with Crippen LogP contribution < -0.4 is 0 Å². The predicted octanol–water partition coefficient (Wildman–Crippen LogP) is 2.59. The summed E-state index contributed by atoms with van der Waals surface area (Å²) in [6, 6.07) is 9.88. The molecule has 1 unspecified atom stereocenters. The van der Waals surface area contributed by atoms with E-state index in [1.54, 1.807) is 7.11 Å². The average Bonchev–Trinajstić information content (AvgIpc) is 2.89. The van der Waals surface area contributed by atoms with E-state index < -0.39 is 0 Å². The Morgan fingerprint density at radius 2 is 2.05 bits per heavy atom. The van der Waals surface area contributed by atoms with Gasteiger partial charge >= 0.3 is 5.97 Å². The van der Waals surface area contributed by atoms with E-state index in [1.165, 1.54) is 18.4 Å². The zero-order valence-corrected chi connectivity index (χ0v) is 11.6. The first-order valence-corrected chi connectivity index (χ1v) is 6.71. The number of carbonyl (C=O) groups excluding carboxylic acids is 1. The molecule has 2 aromatic rings. The summed E-state index contributed by atoms with van der Waals surface area (Å²) in [6.45, 7) is 0. The van der Waals surface area contributed by atoms with Crippen LogP contribution in [0.5, 0.6) is 0 Å². The standard InChI is InChI=1S/C14H15NO3S/c1-17-12(16)8-11-9-19-14(15-11)13(18-2)10-6-4-3-5-7-10/h3-7,9,13H,8H2,1-2H3. The van der Waals surface area contributed by atoms with Gasteiger partial charge in [0.2, 0.25) is 0 Å². The number of hydrogen-bond acceptors (Lipinski definition) is 5. The number of nitrogens with zero attached hydrogens (tertiary/aromatic N) is 1. The summed E-state index contributed by atoms with van der Waals surface area (Å²) in [5.74, 6) is -0.287. The van der Waals surface area contributed by atoms with Gasteiger partial charge in [-0.3, -0.25) is 4.79 Å². The third-order valence-corrected chi connectivity index (χ3v) is 3.62. The van der Waals surface area contributed by atoms with Crippen LogP contribution in [-0.4, -0.2) is 25.2 Å². The highest BCUT2D eigenvalue weighted by Gasteiger charge is 2.17. The van der Waals surface area contributed by atoms with Crippen molar-refractivity contribution in [2.75, 3.05) is 14.2 Å². The minimum atomic E-state index is -0.287. The van der Waals surface area contributed by atoms with E-state index in [0.717, 1.165) is 10.6 Å². The summed E-state index contributed by atoms with van der Waals surface area (Å²) in [6.07, 6.45) is -0.00399. The lowest BCUT2D eigenvalue weighted by Crippen LogP contribution is -2.06. The number of carbonyl (C=O) groups is 1. The lowest BCUT2D eigenvalue weighted by Gasteiger charge is -2.12. The van der Waals surface area contributed by atoms with E-state index in [0.29, 0.717) is 5.69 Å². The second-order valence-corrected chi connectivity index (χ2v) is 4.85. The summed E-state index contributed by atoms with van der Waals surface area (Å²) >= 11 is 1.49. The Balaban J connectivity index is 2.18. The molecule has 0 saturated carbocycles. The Labute approximate surface area is 116 Å². The molecule has 0 saturated heterocycles. The molecule has 0 amide bonds. The molecule has 0 aliphatic carbocycles. The molecule has 0 N–H and O–H groups in total. The summed E-state index contributed by atoms with van der Waals surface area (Å²) < 4.78 is 10.1. The van der Waals surface area contributed by atoms with Gasteiger partial charge in [-0.2, -0.15) is 0 Å². The molecular formula is C14H15NO3S. The van der Waals surface area contributed by atoms with Gasteiger partial charge < -0.3 is 9.47 Å². The van der Waals surface area contributed by atoms with Crippen LogP contribution in [0.1, 0.15) is 22.4 Å². The summed E-state index contributed by atoms with van der Waals surface area (Å²) in [4.78, 5) is 15.6. The van der Waals surface area contributed by atoms with Gasteiger partial charge in [-0.1, -0.05) is 30.3 Å². The van der Waals surface area contributed by atoms with Crippen LogP contribution in [0.4, 0.5) is 0 Å². The Morgan fingerprint density at radius 1 is 1.32 bits per heavy atom. The third kappa shape index (κ3) is 3.39. The Bertz CT molecular complexity index is 539. The topological polar surface area (TPSA) is 48.4 Å². The zero-order chi connectivity index (χ0) is 13.7. The van der Waals surface area contributed by atoms with Crippen molar-refractivity contribution in [1.82, 2.24) is 4.98 Å². The van der Waals surface area contributed by atoms with E-state index in [9.17, 15) is 4.79 Å². The lowest BCUT2D eigenvalue weighted by atomic mass is 10.1. The number of aromatic nitrogens is 1. The molecule has 1 atom stereocenters. The van der Waals surface area contributed by atoms with Gasteiger partial charge in [-0.05, 0) is 5.56 Å². The maximum Gasteiger partial charge on any atom is 0.311 e. The van der Waals surface area contributed by atoms with Crippen LogP contribution in [0.25, 0.3) is 0 Å². The van der Waals surface area contributed by atoms with E-state index in [2.05, 4.69) is 9.72 Å². The van der Waals surface area contributed by atoms with Crippen LogP contribution in [0, 0.1) is 0 Å². The number of ether oxygens (including phenoxy) is 2. The first-order valence-electron chi connectivity index (χ1n) is 5.83. The van der Waals surface area contributed by atoms with Gasteiger partial charge in [0.05, 0.1) is 19.2 Å². The average molecular weight is 277 g/mol. The van der Waals surface area contributed by atoms with Crippen molar-refractivity contribution in [3.63, 3.8) is 0 Å². The van der Waals surface area contributed by atoms with Crippen molar-refractivity contribution in [3.05, 3.63) is 52.0 Å². The molecule has 1 aromatic carbocycles. The summed E-state index contributed by atoms with van der Waals surface area (Å²) in [5, 5.41) is 2.70. The van der Waals surface area contributed by atoms with E-state index >= 15 is 0 Å². The van der Waals surface area contributed by atoms with Gasteiger partial charge in [0, 0.05) is 12.5 Å². The molecule has 100 valence electrons. The lowest BCUT2D eigenvalue weighted by molar-refractivity contribution is -0.139. The fourth-order valence-corrected chi connectivity index (χ4v) is 2.67. The normalized spacial score (nSPS) is 12.1. The molecule has 1 aromatic heterocycles. The van der Waals surface area contributed by atoms with Crippen molar-refractivity contribution < 1.29 is 14.3 Å². The molecule has 0 spiro atoms. The molecule has 0 bridgehead atoms. The molecule has 0 radical (unpaired) electrons. The van der Waals surface area contributed by atoms with Gasteiger partial charge in [0.25, 0.3) is 0 Å². The monoisotopic (exact) mass is 277 g/mol. The number of methoxy groups -OCH3 is 2. The molecular weight excluding hydrogens is 262 g/mol. The molecule has 2 rings (SSSR count). The second-order valence-electron chi connectivity index (χ2n) is 3.96. The van der Waals surface area contributed by atoms with Crippen molar-refractivity contribution in [3.8, 4) is 0 Å². The minimum Gasteiger partial charge on any atom is -0.469 e. The first-order chi connectivity index (χ1) is 9.24. The number of benzene rings is 1. The quantitative estimate of drug-likeness (QED) is 0.788. The Hall–Kier alpha value is -1.72. The zero-order valence-electron chi connectivity index (χ0n) is 10.8. The molecule has 0 aliphatic rings. The largest absolute Gasteiger partial charge is 0.469 e. The van der Waals surface area contributed by atoms with Gasteiger partial charge in [-0.15, -0.1) is 11.3 Å². The predicted molar refractivity (Wildman–Crippen MR) is 73.1 cm³/mol. The first kappa shape index (κ1) is 13.7. The number of thiazole rings is 1. The van der Waals surface area contributed by atoms with E-state index in [-0.39, 0.29) is 18.5 Å². The van der Waals surface area contributed by atoms with Gasteiger partial charge in [-0.25, -0.2) is 4.98 Å². The maximum atomic E-state index is 11.2. The molecule has 5 heteroatoms. The van der Waals surface area contributed by atoms with Gasteiger partial charge in [0.15, 0.2) is 0 Å². The summed E-state index contributed by atoms with van der Waals surface area (Å²) in [5.41, 5.74) is 1.76. The van der Waals surface area contributed by atoms with Crippen LogP contribution >= 0.6 is 11.3 Å². The molecule has 0 fully saturated rings. The molecule has 19 heavy (non-hydrogen) atoms. The van der Waals surface area contributed by atoms with Crippen LogP contribution in [0.3, 0.4) is 0 Å². The number of esters is 1. The highest BCUT2D eigenvalue weighted by Crippen LogP contribution is 2.27. The summed E-state index contributed by atoms with van der Waals surface area (Å²) in [7, 11) is 3.02. The molecule has 0 aliphatic heterocycles. The smallest absolute Gasteiger partial charge is 0.311 e. The van der Waals surface area contributed by atoms with Crippen LogP contribution in [0.2, 0.25) is 0 Å². The fourth-order valence-electron chi connectivity index (χ4n) is 1.75. The van der Waals surface area contributed by atoms with Gasteiger partial charge in [0.1, 0.15) is 11.1 Å². The van der Waals surface area contributed by atoms with Crippen molar-refractivity contribution in [1.29, 1.82) is 0 Å². The third-order valence-electron chi connectivity index (χ3n) is 2.68. The van der Waals surface area contributed by atoms with E-state index in [1.807, 2.05) is 35.7 Å². The maximum absolute atomic E-state index is 11.2. The van der Waals surface area contributed by atoms with Crippen molar-refractivity contribution in [2.45, 2.75) is 12.5 Å². The Kier molecular flexibility index (Phi) is 4.65. The Morgan fingerprint density at radius 3 is 2.68 bits per heavy atom. The highest BCUT2D eigenvalue weighted by molar-refractivity contribution is 7.09.